The Morgan fingerprint density at radius 2 is 2.11 bits per heavy atom. The Bertz CT molecular complexity index is 415. The lowest BCUT2D eigenvalue weighted by molar-refractivity contribution is 0.325. The molecule has 0 radical (unpaired) electrons. The Morgan fingerprint density at radius 1 is 1.33 bits per heavy atom. The molecule has 0 atom stereocenters. The van der Waals surface area contributed by atoms with Crippen molar-refractivity contribution in [2.45, 2.75) is 27.2 Å². The molecule has 0 saturated carbocycles. The fourth-order valence-corrected chi connectivity index (χ4v) is 3.29. The monoisotopic (exact) mass is 310 g/mol. The molecule has 1 aliphatic rings. The van der Waals surface area contributed by atoms with Crippen LogP contribution in [0, 0.1) is 12.3 Å². The number of halogens is 1. The van der Waals surface area contributed by atoms with E-state index in [0.29, 0.717) is 5.41 Å². The van der Waals surface area contributed by atoms with Crippen molar-refractivity contribution in [1.82, 2.24) is 5.32 Å². The van der Waals surface area contributed by atoms with Gasteiger partial charge < -0.3 is 10.2 Å². The molecule has 0 aromatic heterocycles. The first-order chi connectivity index (χ1) is 8.48. The molecule has 1 aromatic carbocycles. The minimum Gasteiger partial charge on any atom is -0.370 e. The molecule has 1 fully saturated rings. The Hall–Kier alpha value is -0.540. The van der Waals surface area contributed by atoms with Crippen LogP contribution in [-0.2, 0) is 0 Å². The summed E-state index contributed by atoms with van der Waals surface area (Å²) in [6.07, 6.45) is 1.20. The van der Waals surface area contributed by atoms with Gasteiger partial charge in [-0.15, -0.1) is 0 Å². The van der Waals surface area contributed by atoms with Crippen LogP contribution in [0.4, 0.5) is 5.69 Å². The van der Waals surface area contributed by atoms with Gasteiger partial charge in [0.1, 0.15) is 0 Å². The zero-order valence-electron chi connectivity index (χ0n) is 11.6. The van der Waals surface area contributed by atoms with Gasteiger partial charge in [0.05, 0.1) is 5.69 Å². The first-order valence-corrected chi connectivity index (χ1v) is 7.49. The van der Waals surface area contributed by atoms with Crippen molar-refractivity contribution in [1.29, 1.82) is 0 Å². The van der Waals surface area contributed by atoms with E-state index < -0.39 is 0 Å². The normalized spacial score (nSPS) is 20.3. The van der Waals surface area contributed by atoms with Gasteiger partial charge in [-0.2, -0.15) is 0 Å². The maximum Gasteiger partial charge on any atom is 0.0511 e. The first-order valence-electron chi connectivity index (χ1n) is 6.70. The molecule has 0 unspecified atom stereocenters. The van der Waals surface area contributed by atoms with Crippen molar-refractivity contribution in [3.8, 4) is 0 Å². The third-order valence-corrected chi connectivity index (χ3v) is 4.08. The molecule has 0 aliphatic carbocycles. The van der Waals surface area contributed by atoms with Crippen molar-refractivity contribution >= 4 is 21.6 Å². The van der Waals surface area contributed by atoms with Crippen molar-refractivity contribution in [3.63, 3.8) is 0 Å². The highest BCUT2D eigenvalue weighted by atomic mass is 79.9. The Morgan fingerprint density at radius 3 is 2.83 bits per heavy atom. The highest BCUT2D eigenvalue weighted by molar-refractivity contribution is 9.10. The third kappa shape index (κ3) is 3.48. The molecule has 0 spiro atoms. The van der Waals surface area contributed by atoms with Crippen LogP contribution in [0.5, 0.6) is 0 Å². The van der Waals surface area contributed by atoms with Gasteiger partial charge >= 0.3 is 0 Å². The largest absolute Gasteiger partial charge is 0.370 e. The lowest BCUT2D eigenvalue weighted by atomic mass is 9.91. The van der Waals surface area contributed by atoms with Crippen molar-refractivity contribution in [3.05, 3.63) is 28.2 Å². The summed E-state index contributed by atoms with van der Waals surface area (Å²) >= 11 is 3.71. The molecule has 100 valence electrons. The zero-order chi connectivity index (χ0) is 13.2. The quantitative estimate of drug-likeness (QED) is 0.853. The zero-order valence-corrected chi connectivity index (χ0v) is 13.2. The van der Waals surface area contributed by atoms with Crippen LogP contribution < -0.4 is 10.2 Å². The van der Waals surface area contributed by atoms with E-state index in [1.54, 1.807) is 0 Å². The van der Waals surface area contributed by atoms with Gasteiger partial charge in [-0.05, 0) is 58.9 Å². The predicted molar refractivity (Wildman–Crippen MR) is 82.4 cm³/mol. The van der Waals surface area contributed by atoms with E-state index >= 15 is 0 Å². The molecule has 0 amide bonds. The molecule has 1 heterocycles. The fourth-order valence-electron chi connectivity index (χ4n) is 2.55. The Balaban J connectivity index is 2.23. The lowest BCUT2D eigenvalue weighted by Crippen LogP contribution is -2.44. The second-order valence-corrected chi connectivity index (χ2v) is 6.93. The van der Waals surface area contributed by atoms with Crippen molar-refractivity contribution in [2.75, 3.05) is 31.1 Å². The Kier molecular flexibility index (Phi) is 4.33. The molecule has 1 aromatic rings. The molecule has 1 saturated heterocycles. The number of rotatable bonds is 1. The standard InChI is InChI=1S/C15H23BrN2/c1-12-5-6-14(13(16)9-12)18-8-4-7-17-10-15(2,3)11-18/h5-6,9,17H,4,7-8,10-11H2,1-3H3. The maximum atomic E-state index is 3.71. The molecule has 0 bridgehead atoms. The SMILES string of the molecule is Cc1ccc(N2CCCNCC(C)(C)C2)c(Br)c1. The molecule has 3 heteroatoms. The minimum absolute atomic E-state index is 0.310. The smallest absolute Gasteiger partial charge is 0.0511 e. The van der Waals surface area contributed by atoms with Gasteiger partial charge in [0.15, 0.2) is 0 Å². The van der Waals surface area contributed by atoms with Crippen LogP contribution in [0.1, 0.15) is 25.8 Å². The molecule has 2 nitrogen and oxygen atoms in total. The summed E-state index contributed by atoms with van der Waals surface area (Å²) in [5.41, 5.74) is 2.94. The number of hydrogen-bond donors (Lipinski definition) is 1. The molecular weight excluding hydrogens is 288 g/mol. The van der Waals surface area contributed by atoms with Crippen LogP contribution in [0.2, 0.25) is 0 Å². The third-order valence-electron chi connectivity index (χ3n) is 3.45. The molecule has 1 N–H and O–H groups in total. The van der Waals surface area contributed by atoms with Gasteiger partial charge in [0.25, 0.3) is 0 Å². The number of aryl methyl sites for hydroxylation is 1. The predicted octanol–water partition coefficient (Wildman–Crippen LogP) is 3.58. The van der Waals surface area contributed by atoms with Crippen molar-refractivity contribution in [2.24, 2.45) is 5.41 Å². The average molecular weight is 311 g/mol. The molecule has 1 aliphatic heterocycles. The van der Waals surface area contributed by atoms with Crippen LogP contribution in [0.25, 0.3) is 0 Å². The minimum atomic E-state index is 0.310. The van der Waals surface area contributed by atoms with E-state index in [2.05, 4.69) is 65.1 Å². The molecule has 18 heavy (non-hydrogen) atoms. The molecular formula is C15H23BrN2. The number of hydrogen-bond acceptors (Lipinski definition) is 2. The molecule has 2 rings (SSSR count). The number of anilines is 1. The van der Waals surface area contributed by atoms with Gasteiger partial charge in [-0.3, -0.25) is 0 Å². The van der Waals surface area contributed by atoms with Gasteiger partial charge in [0, 0.05) is 24.1 Å². The van der Waals surface area contributed by atoms with Crippen LogP contribution in [0.3, 0.4) is 0 Å². The summed E-state index contributed by atoms with van der Waals surface area (Å²) < 4.78 is 1.21. The van der Waals surface area contributed by atoms with Crippen molar-refractivity contribution < 1.29 is 0 Å². The first kappa shape index (κ1) is 13.9. The van der Waals surface area contributed by atoms with E-state index in [-0.39, 0.29) is 0 Å². The summed E-state index contributed by atoms with van der Waals surface area (Å²) in [5, 5.41) is 3.53. The average Bonchev–Trinajstić information content (AvgIpc) is 2.24. The highest BCUT2D eigenvalue weighted by Gasteiger charge is 2.24. The van der Waals surface area contributed by atoms with Crippen LogP contribution in [-0.4, -0.2) is 26.2 Å². The number of nitrogens with one attached hydrogen (secondary N) is 1. The summed E-state index contributed by atoms with van der Waals surface area (Å²) in [6.45, 7) is 11.2. The Labute approximate surface area is 119 Å². The second kappa shape index (κ2) is 5.62. The fraction of sp³-hybridized carbons (Fsp3) is 0.600. The number of nitrogens with zero attached hydrogens (tertiary/aromatic N) is 1. The highest BCUT2D eigenvalue weighted by Crippen LogP contribution is 2.30. The summed E-state index contributed by atoms with van der Waals surface area (Å²) in [6, 6.07) is 6.65. The second-order valence-electron chi connectivity index (χ2n) is 6.07. The van der Waals surface area contributed by atoms with Gasteiger partial charge in [0.2, 0.25) is 0 Å². The van der Waals surface area contributed by atoms with E-state index in [1.165, 1.54) is 22.1 Å². The van der Waals surface area contributed by atoms with E-state index in [4.69, 9.17) is 0 Å². The summed E-state index contributed by atoms with van der Waals surface area (Å²) in [5.74, 6) is 0. The topological polar surface area (TPSA) is 15.3 Å². The number of benzene rings is 1. The van der Waals surface area contributed by atoms with E-state index in [0.717, 1.165) is 26.2 Å². The van der Waals surface area contributed by atoms with E-state index in [1.807, 2.05) is 0 Å². The van der Waals surface area contributed by atoms with E-state index in [9.17, 15) is 0 Å². The van der Waals surface area contributed by atoms with Gasteiger partial charge in [-0.25, -0.2) is 0 Å². The summed E-state index contributed by atoms with van der Waals surface area (Å²) in [7, 11) is 0. The lowest BCUT2D eigenvalue weighted by Gasteiger charge is -2.37. The van der Waals surface area contributed by atoms with Crippen LogP contribution in [0.15, 0.2) is 22.7 Å². The van der Waals surface area contributed by atoms with Gasteiger partial charge in [-0.1, -0.05) is 19.9 Å². The van der Waals surface area contributed by atoms with Crippen LogP contribution >= 0.6 is 15.9 Å². The summed E-state index contributed by atoms with van der Waals surface area (Å²) in [4.78, 5) is 2.52. The maximum absolute atomic E-state index is 3.71.